The van der Waals surface area contributed by atoms with Gasteiger partial charge in [0.05, 0.1) is 12.5 Å². The zero-order valence-corrected chi connectivity index (χ0v) is 28.4. The number of esters is 1. The Hall–Kier alpha value is -3.48. The molecule has 0 unspecified atom stereocenters. The van der Waals surface area contributed by atoms with E-state index in [4.69, 9.17) is 14.2 Å². The van der Waals surface area contributed by atoms with Gasteiger partial charge in [-0.25, -0.2) is 9.18 Å². The molecule has 12 heteroatoms. The van der Waals surface area contributed by atoms with Gasteiger partial charge in [0, 0.05) is 71.1 Å². The van der Waals surface area contributed by atoms with Crippen LogP contribution in [-0.2, 0) is 23.8 Å². The second-order valence-electron chi connectivity index (χ2n) is 13.1. The Kier molecular flexibility index (Phi) is 13.2. The van der Waals surface area contributed by atoms with E-state index in [2.05, 4.69) is 4.90 Å². The number of anilines is 1. The van der Waals surface area contributed by atoms with Crippen LogP contribution >= 0.6 is 0 Å². The van der Waals surface area contributed by atoms with Gasteiger partial charge in [0.25, 0.3) is 0 Å². The number of piperazine rings is 2. The predicted octanol–water partition coefficient (Wildman–Crippen LogP) is 3.56. The number of aliphatic hydroxyl groups is 1. The van der Waals surface area contributed by atoms with Gasteiger partial charge in [0.1, 0.15) is 24.6 Å². The molecule has 2 fully saturated rings. The Balaban J connectivity index is 1.52. The van der Waals surface area contributed by atoms with Crippen LogP contribution in [0.25, 0.3) is 6.08 Å². The molecule has 47 heavy (non-hydrogen) atoms. The number of cyclic esters (lactones) is 1. The molecule has 0 bridgehead atoms. The minimum atomic E-state index is -0.890. The number of ether oxygens (including phenoxy) is 3. The summed E-state index contributed by atoms with van der Waals surface area (Å²) in [5, 5.41) is 10.6. The molecule has 3 aliphatic rings. The number of methoxy groups -OCH3 is 1. The minimum Gasteiger partial charge on any atom is -0.457 e. The van der Waals surface area contributed by atoms with Gasteiger partial charge in [-0.3, -0.25) is 9.59 Å². The van der Waals surface area contributed by atoms with Crippen molar-refractivity contribution in [3.63, 3.8) is 0 Å². The van der Waals surface area contributed by atoms with Crippen molar-refractivity contribution >= 4 is 29.7 Å². The van der Waals surface area contributed by atoms with Crippen LogP contribution in [0.5, 0.6) is 0 Å². The quantitative estimate of drug-likeness (QED) is 0.362. The third-order valence-corrected chi connectivity index (χ3v) is 9.27. The smallest absolute Gasteiger partial charge is 0.410 e. The van der Waals surface area contributed by atoms with Crippen LogP contribution in [0.4, 0.5) is 14.9 Å². The van der Waals surface area contributed by atoms with Crippen molar-refractivity contribution in [3.8, 4) is 0 Å². The first-order valence-electron chi connectivity index (χ1n) is 16.6. The first kappa shape index (κ1) is 36.4. The highest BCUT2D eigenvalue weighted by atomic mass is 19.1. The van der Waals surface area contributed by atoms with E-state index >= 15 is 0 Å². The number of likely N-dealkylation sites (N-methyl/N-ethyl adjacent to an activating group) is 1. The highest BCUT2D eigenvalue weighted by Crippen LogP contribution is 2.28. The highest BCUT2D eigenvalue weighted by Gasteiger charge is 2.29. The molecule has 3 heterocycles. The predicted molar refractivity (Wildman–Crippen MR) is 177 cm³/mol. The minimum absolute atomic E-state index is 0.0357. The second-order valence-corrected chi connectivity index (χ2v) is 13.1. The lowest BCUT2D eigenvalue weighted by molar-refractivity contribution is -0.151. The number of hydrogen-bond acceptors (Lipinski definition) is 9. The van der Waals surface area contributed by atoms with E-state index in [1.807, 2.05) is 57.0 Å². The average Bonchev–Trinajstić information content (AvgIpc) is 3.03. The van der Waals surface area contributed by atoms with E-state index in [0.717, 1.165) is 13.1 Å². The maximum atomic E-state index is 14.9. The van der Waals surface area contributed by atoms with Crippen LogP contribution in [0.2, 0.25) is 0 Å². The number of amides is 2. The van der Waals surface area contributed by atoms with Gasteiger partial charge < -0.3 is 38.9 Å². The van der Waals surface area contributed by atoms with Crippen molar-refractivity contribution in [2.75, 3.05) is 78.0 Å². The first-order valence-corrected chi connectivity index (χ1v) is 16.6. The van der Waals surface area contributed by atoms with Crippen LogP contribution in [-0.4, -0.2) is 129 Å². The van der Waals surface area contributed by atoms with Gasteiger partial charge in [-0.15, -0.1) is 0 Å². The summed E-state index contributed by atoms with van der Waals surface area (Å²) in [6.45, 7) is 10.7. The Morgan fingerprint density at radius 3 is 2.36 bits per heavy atom. The number of aliphatic hydroxyl groups excluding tert-OH is 1. The third-order valence-electron chi connectivity index (χ3n) is 9.27. The fourth-order valence-electron chi connectivity index (χ4n) is 6.27. The molecule has 0 aromatic heterocycles. The van der Waals surface area contributed by atoms with Crippen LogP contribution in [0.3, 0.4) is 0 Å². The van der Waals surface area contributed by atoms with Crippen molar-refractivity contribution < 1.29 is 38.1 Å². The molecule has 0 radical (unpaired) electrons. The fourth-order valence-corrected chi connectivity index (χ4v) is 6.27. The summed E-state index contributed by atoms with van der Waals surface area (Å²) < 4.78 is 31.8. The molecular formula is C35H51FN4O7. The van der Waals surface area contributed by atoms with Crippen molar-refractivity contribution in [1.82, 2.24) is 14.7 Å². The second kappa shape index (κ2) is 17.1. The Morgan fingerprint density at radius 1 is 1.00 bits per heavy atom. The number of benzene rings is 1. The van der Waals surface area contributed by atoms with E-state index < -0.39 is 30.1 Å². The fraction of sp³-hybridized carbons (Fsp3) is 0.629. The molecule has 0 spiro atoms. The number of halogens is 1. The van der Waals surface area contributed by atoms with Crippen LogP contribution in [0, 0.1) is 17.7 Å². The van der Waals surface area contributed by atoms with E-state index in [0.29, 0.717) is 68.9 Å². The number of nitrogens with zero attached hydrogens (tertiary/aromatic N) is 4. The summed E-state index contributed by atoms with van der Waals surface area (Å²) in [6, 6.07) is 4.80. The molecule has 0 aliphatic carbocycles. The van der Waals surface area contributed by atoms with Crippen LogP contribution in [0.1, 0.15) is 45.6 Å². The Bertz CT molecular complexity index is 1290. The number of carbonyl (C=O) groups excluding carboxylic acids is 3. The number of carbonyl (C=O) groups is 3. The lowest BCUT2D eigenvalue weighted by atomic mass is 9.91. The van der Waals surface area contributed by atoms with E-state index in [9.17, 15) is 23.9 Å². The molecule has 1 aromatic carbocycles. The SMILES string of the molecule is COCC(=O)N1CCN(c2cc(F)cc(/C=C(\C)[C@H]3OC(=O)C[C@H](O)CC[C@H](C)[C@@H](OC(=O)N4CCN(C)CC4)/C=C\[C@@H]3C)c2)CC1. The zero-order chi connectivity index (χ0) is 34.1. The van der Waals surface area contributed by atoms with Gasteiger partial charge in [-0.1, -0.05) is 26.0 Å². The highest BCUT2D eigenvalue weighted by molar-refractivity contribution is 5.78. The van der Waals surface area contributed by atoms with E-state index in [-0.39, 0.29) is 36.9 Å². The topological polar surface area (TPSA) is 112 Å². The summed E-state index contributed by atoms with van der Waals surface area (Å²) in [5.74, 6) is -1.37. The van der Waals surface area contributed by atoms with Gasteiger partial charge in [0.2, 0.25) is 5.91 Å². The molecule has 0 saturated carbocycles. The summed E-state index contributed by atoms with van der Waals surface area (Å²) in [5.41, 5.74) is 2.02. The molecule has 1 N–H and O–H groups in total. The largest absolute Gasteiger partial charge is 0.457 e. The summed E-state index contributed by atoms with van der Waals surface area (Å²) >= 11 is 0. The molecule has 1 aromatic rings. The molecule has 3 aliphatic heterocycles. The van der Waals surface area contributed by atoms with Crippen LogP contribution < -0.4 is 4.90 Å². The van der Waals surface area contributed by atoms with Gasteiger partial charge in [-0.2, -0.15) is 0 Å². The standard InChI is InChI=1S/C35H51FN4O7/c1-24-6-8-30(41)22-33(43)47-34(25(2)7-9-31(24)46-35(44)40-12-10-37(4)11-13-40)26(3)18-27-19-28(36)21-29(20-27)38-14-16-39(17-15-38)32(42)23-45-5/h7,9,18-21,24-25,30-31,34,41H,6,8,10-17,22-23H2,1-5H3/b9-7-,26-18+/t24-,25-,30+,31-,34-/m0/s1. The van der Waals surface area contributed by atoms with Gasteiger partial charge in [-0.05, 0) is 68.1 Å². The van der Waals surface area contributed by atoms with Crippen molar-refractivity contribution in [1.29, 1.82) is 0 Å². The monoisotopic (exact) mass is 658 g/mol. The zero-order valence-electron chi connectivity index (χ0n) is 28.4. The number of hydrogen-bond donors (Lipinski definition) is 1. The van der Waals surface area contributed by atoms with Crippen molar-refractivity contribution in [2.24, 2.45) is 11.8 Å². The molecule has 5 atom stereocenters. The first-order chi connectivity index (χ1) is 22.4. The molecule has 260 valence electrons. The van der Waals surface area contributed by atoms with Crippen LogP contribution in [0.15, 0.2) is 35.9 Å². The molecule has 4 rings (SSSR count). The summed E-state index contributed by atoms with van der Waals surface area (Å²) in [7, 11) is 3.52. The van der Waals surface area contributed by atoms with E-state index in [1.54, 1.807) is 9.80 Å². The lowest BCUT2D eigenvalue weighted by Crippen LogP contribution is -2.49. The van der Waals surface area contributed by atoms with E-state index in [1.165, 1.54) is 19.2 Å². The van der Waals surface area contributed by atoms with Crippen molar-refractivity contribution in [2.45, 2.75) is 58.3 Å². The Labute approximate surface area is 277 Å². The average molecular weight is 659 g/mol. The maximum absolute atomic E-state index is 14.9. The molecular weight excluding hydrogens is 607 g/mol. The summed E-state index contributed by atoms with van der Waals surface area (Å²) in [4.78, 5) is 45.9. The number of rotatable bonds is 6. The maximum Gasteiger partial charge on any atom is 0.410 e. The van der Waals surface area contributed by atoms with Crippen molar-refractivity contribution in [3.05, 3.63) is 47.3 Å². The van der Waals surface area contributed by atoms with Gasteiger partial charge >= 0.3 is 12.1 Å². The van der Waals surface area contributed by atoms with Gasteiger partial charge in [0.15, 0.2) is 0 Å². The Morgan fingerprint density at radius 2 is 1.68 bits per heavy atom. The lowest BCUT2D eigenvalue weighted by Gasteiger charge is -2.36. The molecule has 2 amide bonds. The molecule has 2 saturated heterocycles. The normalized spacial score (nSPS) is 27.8. The molecule has 11 nitrogen and oxygen atoms in total. The summed E-state index contributed by atoms with van der Waals surface area (Å²) in [6.07, 6.45) is 3.90. The third kappa shape index (κ3) is 10.5.